The number of hydrogen-bond acceptors (Lipinski definition) is 3. The molecule has 0 aliphatic carbocycles. The van der Waals surface area contributed by atoms with Crippen LogP contribution in [0, 0.1) is 19.3 Å². The second-order valence-electron chi connectivity index (χ2n) is 5.23. The van der Waals surface area contributed by atoms with Crippen molar-refractivity contribution < 1.29 is 0 Å². The lowest BCUT2D eigenvalue weighted by Crippen LogP contribution is -2.20. The fourth-order valence-corrected chi connectivity index (χ4v) is 2.31. The molecule has 1 aromatic heterocycles. The predicted molar refractivity (Wildman–Crippen MR) is 67.4 cm³/mol. The van der Waals surface area contributed by atoms with Crippen LogP contribution >= 0.6 is 11.3 Å². The third-order valence-electron chi connectivity index (χ3n) is 2.34. The SMILES string of the molecule is Cc1nc(C)c(CNCCC(C)(C)C)s1. The maximum atomic E-state index is 4.42. The summed E-state index contributed by atoms with van der Waals surface area (Å²) in [4.78, 5) is 5.79. The van der Waals surface area contributed by atoms with Crippen LogP contribution < -0.4 is 5.32 Å². The summed E-state index contributed by atoms with van der Waals surface area (Å²) in [5.41, 5.74) is 1.60. The van der Waals surface area contributed by atoms with Gasteiger partial charge in [-0.1, -0.05) is 20.8 Å². The van der Waals surface area contributed by atoms with Gasteiger partial charge in [0.2, 0.25) is 0 Å². The van der Waals surface area contributed by atoms with E-state index in [0.717, 1.165) is 13.1 Å². The molecule has 0 aliphatic rings. The van der Waals surface area contributed by atoms with Gasteiger partial charge in [0.1, 0.15) is 0 Å². The minimum absolute atomic E-state index is 0.422. The molecule has 86 valence electrons. The number of thiazole rings is 1. The third kappa shape index (κ3) is 4.76. The Bertz CT molecular complexity index is 310. The average Bonchev–Trinajstić information content (AvgIpc) is 2.37. The summed E-state index contributed by atoms with van der Waals surface area (Å²) in [7, 11) is 0. The van der Waals surface area contributed by atoms with Crippen molar-refractivity contribution in [3.63, 3.8) is 0 Å². The van der Waals surface area contributed by atoms with E-state index in [1.165, 1.54) is 22.0 Å². The highest BCUT2D eigenvalue weighted by molar-refractivity contribution is 7.11. The molecular formula is C12H22N2S. The molecule has 15 heavy (non-hydrogen) atoms. The molecule has 1 N–H and O–H groups in total. The highest BCUT2D eigenvalue weighted by atomic mass is 32.1. The average molecular weight is 226 g/mol. The Labute approximate surface area is 97.1 Å². The van der Waals surface area contributed by atoms with Gasteiger partial charge in [-0.25, -0.2) is 4.98 Å². The topological polar surface area (TPSA) is 24.9 Å². The van der Waals surface area contributed by atoms with E-state index in [1.807, 2.05) is 0 Å². The molecule has 1 heterocycles. The highest BCUT2D eigenvalue weighted by Crippen LogP contribution is 2.18. The van der Waals surface area contributed by atoms with E-state index in [0.29, 0.717) is 5.41 Å². The Hall–Kier alpha value is -0.410. The quantitative estimate of drug-likeness (QED) is 0.797. The maximum absolute atomic E-state index is 4.42. The summed E-state index contributed by atoms with van der Waals surface area (Å²) >= 11 is 1.80. The Kier molecular flexibility index (Phi) is 4.29. The van der Waals surface area contributed by atoms with Crippen LogP contribution in [0.3, 0.4) is 0 Å². The Morgan fingerprint density at radius 2 is 1.93 bits per heavy atom. The summed E-state index contributed by atoms with van der Waals surface area (Å²) in [5, 5.41) is 4.65. The van der Waals surface area contributed by atoms with Crippen LogP contribution in [0.2, 0.25) is 0 Å². The molecular weight excluding hydrogens is 204 g/mol. The summed E-state index contributed by atoms with van der Waals surface area (Å²) < 4.78 is 0. The van der Waals surface area contributed by atoms with E-state index in [1.54, 1.807) is 11.3 Å². The van der Waals surface area contributed by atoms with Crippen molar-refractivity contribution in [1.82, 2.24) is 10.3 Å². The van der Waals surface area contributed by atoms with Gasteiger partial charge in [-0.15, -0.1) is 11.3 Å². The van der Waals surface area contributed by atoms with Gasteiger partial charge in [-0.2, -0.15) is 0 Å². The second-order valence-corrected chi connectivity index (χ2v) is 6.52. The molecule has 0 atom stereocenters. The molecule has 0 spiro atoms. The van der Waals surface area contributed by atoms with Crippen molar-refractivity contribution in [2.75, 3.05) is 6.54 Å². The van der Waals surface area contributed by atoms with Gasteiger partial charge >= 0.3 is 0 Å². The fraction of sp³-hybridized carbons (Fsp3) is 0.750. The Morgan fingerprint density at radius 3 is 2.40 bits per heavy atom. The minimum atomic E-state index is 0.422. The molecule has 1 aromatic rings. The van der Waals surface area contributed by atoms with Crippen LogP contribution in [0.4, 0.5) is 0 Å². The number of nitrogens with one attached hydrogen (secondary N) is 1. The van der Waals surface area contributed by atoms with Crippen LogP contribution in [0.15, 0.2) is 0 Å². The monoisotopic (exact) mass is 226 g/mol. The lowest BCUT2D eigenvalue weighted by atomic mass is 9.92. The first kappa shape index (κ1) is 12.7. The first-order valence-corrected chi connectivity index (χ1v) is 6.34. The zero-order chi connectivity index (χ0) is 11.5. The van der Waals surface area contributed by atoms with Gasteiger partial charge in [0, 0.05) is 11.4 Å². The van der Waals surface area contributed by atoms with Crippen molar-refractivity contribution in [3.8, 4) is 0 Å². The first-order valence-electron chi connectivity index (χ1n) is 5.52. The Morgan fingerprint density at radius 1 is 1.27 bits per heavy atom. The zero-order valence-electron chi connectivity index (χ0n) is 10.5. The minimum Gasteiger partial charge on any atom is -0.312 e. The maximum Gasteiger partial charge on any atom is 0.0900 e. The number of aromatic nitrogens is 1. The van der Waals surface area contributed by atoms with E-state index in [-0.39, 0.29) is 0 Å². The van der Waals surface area contributed by atoms with Gasteiger partial charge in [-0.3, -0.25) is 0 Å². The lowest BCUT2D eigenvalue weighted by Gasteiger charge is -2.17. The van der Waals surface area contributed by atoms with E-state index >= 15 is 0 Å². The largest absolute Gasteiger partial charge is 0.312 e. The third-order valence-corrected chi connectivity index (χ3v) is 3.41. The molecule has 0 aliphatic heterocycles. The van der Waals surface area contributed by atoms with Crippen LogP contribution in [0.25, 0.3) is 0 Å². The fourth-order valence-electron chi connectivity index (χ4n) is 1.40. The van der Waals surface area contributed by atoms with Crippen LogP contribution in [0.5, 0.6) is 0 Å². The number of hydrogen-bond donors (Lipinski definition) is 1. The van der Waals surface area contributed by atoms with Gasteiger partial charge in [-0.05, 0) is 32.2 Å². The van der Waals surface area contributed by atoms with E-state index < -0.39 is 0 Å². The van der Waals surface area contributed by atoms with Gasteiger partial charge in [0.25, 0.3) is 0 Å². The molecule has 0 saturated carbocycles. The molecule has 0 radical (unpaired) electrons. The van der Waals surface area contributed by atoms with Crippen molar-refractivity contribution in [3.05, 3.63) is 15.6 Å². The van der Waals surface area contributed by atoms with E-state index in [9.17, 15) is 0 Å². The van der Waals surface area contributed by atoms with Gasteiger partial charge in [0.05, 0.1) is 10.7 Å². The summed E-state index contributed by atoms with van der Waals surface area (Å²) in [6.07, 6.45) is 1.21. The molecule has 1 rings (SSSR count). The molecule has 2 nitrogen and oxygen atoms in total. The van der Waals surface area contributed by atoms with Crippen LogP contribution in [-0.2, 0) is 6.54 Å². The smallest absolute Gasteiger partial charge is 0.0900 e. The molecule has 0 fully saturated rings. The Balaban J connectivity index is 2.29. The van der Waals surface area contributed by atoms with Crippen LogP contribution in [-0.4, -0.2) is 11.5 Å². The summed E-state index contributed by atoms with van der Waals surface area (Å²) in [5.74, 6) is 0. The zero-order valence-corrected chi connectivity index (χ0v) is 11.3. The van der Waals surface area contributed by atoms with Crippen molar-refractivity contribution >= 4 is 11.3 Å². The van der Waals surface area contributed by atoms with Gasteiger partial charge < -0.3 is 5.32 Å². The number of rotatable bonds is 4. The molecule has 0 aromatic carbocycles. The second kappa shape index (κ2) is 5.08. The number of aryl methyl sites for hydroxylation is 2. The number of nitrogens with zero attached hydrogens (tertiary/aromatic N) is 1. The van der Waals surface area contributed by atoms with Crippen LogP contribution in [0.1, 0.15) is 42.8 Å². The van der Waals surface area contributed by atoms with E-state index in [4.69, 9.17) is 0 Å². The molecule has 0 saturated heterocycles. The van der Waals surface area contributed by atoms with Crippen molar-refractivity contribution in [2.24, 2.45) is 5.41 Å². The standard InChI is InChI=1S/C12H22N2S/c1-9-11(15-10(2)14-9)8-13-7-6-12(3,4)5/h13H,6-8H2,1-5H3. The van der Waals surface area contributed by atoms with Gasteiger partial charge in [0.15, 0.2) is 0 Å². The van der Waals surface area contributed by atoms with Crippen molar-refractivity contribution in [1.29, 1.82) is 0 Å². The van der Waals surface area contributed by atoms with E-state index in [2.05, 4.69) is 44.9 Å². The summed E-state index contributed by atoms with van der Waals surface area (Å²) in [6, 6.07) is 0. The first-order chi connectivity index (χ1) is 6.88. The molecule has 3 heteroatoms. The molecule has 0 unspecified atom stereocenters. The normalized spacial score (nSPS) is 12.1. The predicted octanol–water partition coefficient (Wildman–Crippen LogP) is 3.29. The van der Waals surface area contributed by atoms with Crippen molar-refractivity contribution in [2.45, 2.75) is 47.6 Å². The molecule has 0 amide bonds. The summed E-state index contributed by atoms with van der Waals surface area (Å²) in [6.45, 7) is 13.0. The molecule has 0 bridgehead atoms. The highest BCUT2D eigenvalue weighted by Gasteiger charge is 2.09. The lowest BCUT2D eigenvalue weighted by molar-refractivity contribution is 0.367.